The quantitative estimate of drug-likeness (QED) is 0.609. The number of guanidine groups is 1. The van der Waals surface area contributed by atoms with Crippen LogP contribution in [0.3, 0.4) is 0 Å². The Hall–Kier alpha value is -2.48. The monoisotopic (exact) mass is 371 g/mol. The fraction of sp³-hybridized carbons (Fsp3) is 0.579. The lowest BCUT2D eigenvalue weighted by Gasteiger charge is -2.37. The molecular weight excluding hydrogens is 342 g/mol. The van der Waals surface area contributed by atoms with Crippen LogP contribution in [0.15, 0.2) is 33.9 Å². The van der Waals surface area contributed by atoms with Crippen LogP contribution in [0.2, 0.25) is 0 Å². The number of nitrogens with zero attached hydrogens (tertiary/aromatic N) is 6. The Balaban J connectivity index is 1.45. The molecule has 0 saturated carbocycles. The van der Waals surface area contributed by atoms with E-state index in [0.717, 1.165) is 38.7 Å². The minimum absolute atomic E-state index is 0.455. The number of nitrogens with one attached hydrogen (secondary N) is 1. The first-order valence-corrected chi connectivity index (χ1v) is 9.57. The summed E-state index contributed by atoms with van der Waals surface area (Å²) in [5.74, 6) is 2.77. The molecule has 1 N–H and O–H groups in total. The van der Waals surface area contributed by atoms with E-state index >= 15 is 0 Å². The van der Waals surface area contributed by atoms with Crippen molar-refractivity contribution in [2.24, 2.45) is 10.9 Å². The zero-order valence-corrected chi connectivity index (χ0v) is 16.4. The Morgan fingerprint density at radius 3 is 2.74 bits per heavy atom. The molecule has 0 atom stereocenters. The molecule has 1 saturated heterocycles. The largest absolute Gasteiger partial charge is 0.356 e. The SMILES string of the molecule is CN=C(NCCc1noc(-c2ccccn2)n1)N1CCN(CC(C)C)CC1. The molecule has 0 radical (unpaired) electrons. The molecule has 1 aliphatic rings. The third-order valence-corrected chi connectivity index (χ3v) is 4.49. The number of piperazine rings is 1. The molecule has 1 fully saturated rings. The van der Waals surface area contributed by atoms with Gasteiger partial charge in [-0.25, -0.2) is 0 Å². The molecule has 0 aromatic carbocycles. The minimum Gasteiger partial charge on any atom is -0.356 e. The molecule has 2 aromatic heterocycles. The van der Waals surface area contributed by atoms with Crippen molar-refractivity contribution >= 4 is 5.96 Å². The van der Waals surface area contributed by atoms with E-state index in [9.17, 15) is 0 Å². The summed E-state index contributed by atoms with van der Waals surface area (Å²) >= 11 is 0. The first-order valence-electron chi connectivity index (χ1n) is 9.57. The fourth-order valence-corrected chi connectivity index (χ4v) is 3.23. The Labute approximate surface area is 160 Å². The van der Waals surface area contributed by atoms with Gasteiger partial charge < -0.3 is 14.7 Å². The Morgan fingerprint density at radius 1 is 1.26 bits per heavy atom. The highest BCUT2D eigenvalue weighted by Gasteiger charge is 2.20. The summed E-state index contributed by atoms with van der Waals surface area (Å²) in [7, 11) is 1.83. The summed E-state index contributed by atoms with van der Waals surface area (Å²) in [6, 6.07) is 5.62. The molecule has 8 heteroatoms. The van der Waals surface area contributed by atoms with Gasteiger partial charge in [0, 0.05) is 58.9 Å². The van der Waals surface area contributed by atoms with E-state index in [4.69, 9.17) is 4.52 Å². The van der Waals surface area contributed by atoms with Crippen molar-refractivity contribution in [3.63, 3.8) is 0 Å². The van der Waals surface area contributed by atoms with Gasteiger partial charge in [0.05, 0.1) is 0 Å². The summed E-state index contributed by atoms with van der Waals surface area (Å²) in [5.41, 5.74) is 0.694. The highest BCUT2D eigenvalue weighted by molar-refractivity contribution is 5.80. The molecule has 0 spiro atoms. The number of hydrogen-bond donors (Lipinski definition) is 1. The summed E-state index contributed by atoms with van der Waals surface area (Å²) < 4.78 is 5.30. The van der Waals surface area contributed by atoms with Crippen LogP contribution in [0.25, 0.3) is 11.6 Å². The molecule has 8 nitrogen and oxygen atoms in total. The fourth-order valence-electron chi connectivity index (χ4n) is 3.23. The second-order valence-electron chi connectivity index (χ2n) is 7.14. The third kappa shape index (κ3) is 5.50. The summed E-state index contributed by atoms with van der Waals surface area (Å²) in [6.07, 6.45) is 2.38. The average Bonchev–Trinajstić information content (AvgIpc) is 3.15. The number of hydrogen-bond acceptors (Lipinski definition) is 6. The van der Waals surface area contributed by atoms with Gasteiger partial charge in [-0.2, -0.15) is 4.98 Å². The van der Waals surface area contributed by atoms with E-state index in [1.54, 1.807) is 6.20 Å². The first kappa shape index (κ1) is 19.3. The Morgan fingerprint density at radius 2 is 2.07 bits per heavy atom. The van der Waals surface area contributed by atoms with Crippen LogP contribution in [0.4, 0.5) is 0 Å². The van der Waals surface area contributed by atoms with Crippen LogP contribution >= 0.6 is 0 Å². The summed E-state index contributed by atoms with van der Waals surface area (Å²) in [4.78, 5) is 17.9. The molecule has 3 rings (SSSR count). The van der Waals surface area contributed by atoms with E-state index in [2.05, 4.69) is 49.1 Å². The molecule has 0 bridgehead atoms. The molecule has 2 aromatic rings. The van der Waals surface area contributed by atoms with Gasteiger partial charge in [0.25, 0.3) is 5.89 Å². The van der Waals surface area contributed by atoms with Gasteiger partial charge in [-0.15, -0.1) is 0 Å². The van der Waals surface area contributed by atoms with Crippen LogP contribution in [-0.4, -0.2) is 77.2 Å². The molecule has 0 amide bonds. The Kier molecular flexibility index (Phi) is 6.75. The zero-order valence-electron chi connectivity index (χ0n) is 16.4. The maximum Gasteiger partial charge on any atom is 0.276 e. The molecule has 27 heavy (non-hydrogen) atoms. The highest BCUT2D eigenvalue weighted by atomic mass is 16.5. The minimum atomic E-state index is 0.455. The van der Waals surface area contributed by atoms with Gasteiger partial charge in [-0.3, -0.25) is 14.9 Å². The van der Waals surface area contributed by atoms with Crippen LogP contribution in [0.5, 0.6) is 0 Å². The summed E-state index contributed by atoms with van der Waals surface area (Å²) in [6.45, 7) is 10.6. The van der Waals surface area contributed by atoms with E-state index in [0.29, 0.717) is 36.3 Å². The van der Waals surface area contributed by atoms with E-state index in [1.165, 1.54) is 0 Å². The maximum atomic E-state index is 5.30. The smallest absolute Gasteiger partial charge is 0.276 e. The lowest BCUT2D eigenvalue weighted by molar-refractivity contribution is 0.164. The molecule has 3 heterocycles. The van der Waals surface area contributed by atoms with Crippen molar-refractivity contribution in [2.45, 2.75) is 20.3 Å². The van der Waals surface area contributed by atoms with Gasteiger partial charge in [0.15, 0.2) is 11.8 Å². The molecular formula is C19H29N7O. The van der Waals surface area contributed by atoms with Crippen molar-refractivity contribution < 1.29 is 4.52 Å². The van der Waals surface area contributed by atoms with Gasteiger partial charge in [0.2, 0.25) is 0 Å². The number of rotatable bonds is 6. The van der Waals surface area contributed by atoms with Gasteiger partial charge in [-0.1, -0.05) is 25.1 Å². The second-order valence-corrected chi connectivity index (χ2v) is 7.14. The normalized spacial score (nSPS) is 16.1. The standard InChI is InChI=1S/C19H29N7O/c1-15(2)14-25-10-12-26(13-11-25)19(20-3)22-9-7-17-23-18(27-24-17)16-6-4-5-8-21-16/h4-6,8,15H,7,9-14H2,1-3H3,(H,20,22). The lowest BCUT2D eigenvalue weighted by atomic mass is 10.2. The maximum absolute atomic E-state index is 5.30. The number of aromatic nitrogens is 3. The van der Waals surface area contributed by atoms with Gasteiger partial charge >= 0.3 is 0 Å². The van der Waals surface area contributed by atoms with Crippen LogP contribution in [-0.2, 0) is 6.42 Å². The highest BCUT2D eigenvalue weighted by Crippen LogP contribution is 2.13. The lowest BCUT2D eigenvalue weighted by Crippen LogP contribution is -2.53. The average molecular weight is 371 g/mol. The van der Waals surface area contributed by atoms with Crippen molar-refractivity contribution in [1.29, 1.82) is 0 Å². The van der Waals surface area contributed by atoms with Crippen LogP contribution in [0, 0.1) is 5.92 Å². The van der Waals surface area contributed by atoms with Crippen molar-refractivity contribution in [3.8, 4) is 11.6 Å². The summed E-state index contributed by atoms with van der Waals surface area (Å²) in [5, 5.41) is 7.45. The third-order valence-electron chi connectivity index (χ3n) is 4.49. The van der Waals surface area contributed by atoms with Crippen LogP contribution < -0.4 is 5.32 Å². The number of pyridine rings is 1. The molecule has 146 valence electrons. The Bertz CT molecular complexity index is 721. The first-order chi connectivity index (χ1) is 13.2. The predicted molar refractivity (Wildman–Crippen MR) is 105 cm³/mol. The van der Waals surface area contributed by atoms with Crippen LogP contribution in [0.1, 0.15) is 19.7 Å². The zero-order chi connectivity index (χ0) is 19.1. The molecule has 1 aliphatic heterocycles. The second kappa shape index (κ2) is 9.45. The number of aliphatic imine (C=N–C) groups is 1. The van der Waals surface area contributed by atoms with E-state index in [-0.39, 0.29) is 0 Å². The topological polar surface area (TPSA) is 82.7 Å². The van der Waals surface area contributed by atoms with E-state index in [1.807, 2.05) is 25.2 Å². The molecule has 0 aliphatic carbocycles. The van der Waals surface area contributed by atoms with Gasteiger partial charge in [-0.05, 0) is 18.1 Å². The van der Waals surface area contributed by atoms with E-state index < -0.39 is 0 Å². The van der Waals surface area contributed by atoms with Crippen molar-refractivity contribution in [3.05, 3.63) is 30.2 Å². The van der Waals surface area contributed by atoms with Crippen molar-refractivity contribution in [2.75, 3.05) is 46.3 Å². The van der Waals surface area contributed by atoms with Crippen molar-refractivity contribution in [1.82, 2.24) is 30.2 Å². The molecule has 0 unspecified atom stereocenters. The predicted octanol–water partition coefficient (Wildman–Crippen LogP) is 1.52. The van der Waals surface area contributed by atoms with Gasteiger partial charge in [0.1, 0.15) is 5.69 Å².